The van der Waals surface area contributed by atoms with Gasteiger partial charge in [-0.2, -0.15) is 0 Å². The molecule has 0 amide bonds. The molecular formula is C30H22BBr3I2O2. The maximum absolute atomic E-state index is 8.68. The molecule has 0 radical (unpaired) electrons. The molecule has 0 aliphatic carbocycles. The molecule has 2 N–H and O–H groups in total. The minimum absolute atomic E-state index is 0.495. The predicted octanol–water partition coefficient (Wildman–Crippen LogP) is 9.57. The molecule has 5 aromatic carbocycles. The average molecular weight is 919 g/mol. The molecule has 0 bridgehead atoms. The Bertz CT molecular complexity index is 1400. The molecule has 0 aliphatic rings. The molecular weight excluding hydrogens is 897 g/mol. The van der Waals surface area contributed by atoms with E-state index >= 15 is 0 Å². The van der Waals surface area contributed by atoms with Crippen LogP contribution >= 0.6 is 93.0 Å². The third-order valence-electron chi connectivity index (χ3n) is 5.17. The molecule has 0 atom stereocenters. The van der Waals surface area contributed by atoms with Crippen molar-refractivity contribution in [2.75, 3.05) is 0 Å². The first kappa shape index (κ1) is 31.5. The van der Waals surface area contributed by atoms with E-state index in [-0.39, 0.29) is 0 Å². The Kier molecular flexibility index (Phi) is 13.5. The smallest absolute Gasteiger partial charge is 0.423 e. The Hall–Kier alpha value is -1.02. The fraction of sp³-hybridized carbons (Fsp3) is 0. The van der Waals surface area contributed by atoms with Crippen LogP contribution in [0.15, 0.2) is 135 Å². The van der Waals surface area contributed by atoms with Gasteiger partial charge in [0.2, 0.25) is 0 Å². The van der Waals surface area contributed by atoms with E-state index < -0.39 is 7.12 Å². The zero-order chi connectivity index (χ0) is 27.5. The Morgan fingerprint density at radius 2 is 0.868 bits per heavy atom. The number of hydrogen-bond donors (Lipinski definition) is 2. The first-order chi connectivity index (χ1) is 18.2. The topological polar surface area (TPSA) is 40.5 Å². The Morgan fingerprint density at radius 3 is 1.21 bits per heavy atom. The lowest BCUT2D eigenvalue weighted by atomic mass is 9.81. The number of rotatable bonds is 3. The van der Waals surface area contributed by atoms with Crippen molar-refractivity contribution in [2.45, 2.75) is 0 Å². The van der Waals surface area contributed by atoms with Crippen LogP contribution < -0.4 is 5.46 Å². The normalized spacial score (nSPS) is 9.97. The van der Waals surface area contributed by atoms with E-state index in [1.807, 2.05) is 30.3 Å². The van der Waals surface area contributed by atoms with Crippen molar-refractivity contribution in [3.8, 4) is 22.3 Å². The van der Waals surface area contributed by atoms with E-state index in [1.165, 1.54) is 29.4 Å². The minimum Gasteiger partial charge on any atom is -0.423 e. The van der Waals surface area contributed by atoms with Gasteiger partial charge in [0.25, 0.3) is 0 Å². The Morgan fingerprint density at radius 1 is 0.474 bits per heavy atom. The van der Waals surface area contributed by atoms with Gasteiger partial charge >= 0.3 is 7.12 Å². The lowest BCUT2D eigenvalue weighted by Gasteiger charge is -2.10. The molecule has 192 valence electrons. The van der Waals surface area contributed by atoms with Gasteiger partial charge in [-0.15, -0.1) is 0 Å². The summed E-state index contributed by atoms with van der Waals surface area (Å²) in [6.07, 6.45) is 0. The summed E-state index contributed by atoms with van der Waals surface area (Å²) in [5, 5.41) is 17.4. The van der Waals surface area contributed by atoms with Gasteiger partial charge in [-0.3, -0.25) is 0 Å². The lowest BCUT2D eigenvalue weighted by molar-refractivity contribution is 0.426. The molecule has 0 saturated heterocycles. The quantitative estimate of drug-likeness (QED) is 0.140. The monoisotopic (exact) mass is 916 g/mol. The highest BCUT2D eigenvalue weighted by Crippen LogP contribution is 2.34. The van der Waals surface area contributed by atoms with E-state index in [2.05, 4.69) is 166 Å². The van der Waals surface area contributed by atoms with Crippen LogP contribution in [0.4, 0.5) is 0 Å². The molecule has 0 spiro atoms. The van der Waals surface area contributed by atoms with Crippen molar-refractivity contribution in [2.24, 2.45) is 0 Å². The summed E-state index contributed by atoms with van der Waals surface area (Å²) >= 11 is 14.9. The second kappa shape index (κ2) is 16.3. The molecule has 5 rings (SSSR count). The third kappa shape index (κ3) is 10.2. The molecule has 38 heavy (non-hydrogen) atoms. The van der Waals surface area contributed by atoms with Gasteiger partial charge in [0, 0.05) is 20.6 Å². The Labute approximate surface area is 276 Å². The van der Waals surface area contributed by atoms with Crippen LogP contribution in [0.3, 0.4) is 0 Å². The average Bonchev–Trinajstić information content (AvgIpc) is 2.91. The minimum atomic E-state index is -1.38. The van der Waals surface area contributed by atoms with Crippen LogP contribution in [0, 0.1) is 7.14 Å². The van der Waals surface area contributed by atoms with Crippen molar-refractivity contribution in [1.82, 2.24) is 0 Å². The van der Waals surface area contributed by atoms with Gasteiger partial charge in [0.1, 0.15) is 0 Å². The standard InChI is InChI=1S/C18H12Br2.C6H6BBrO2.C6H4I2/c19-15-7-3-5-13(11-15)17-9-1-2-10-18(17)14-6-4-8-16(20)12-14;8-6-3-1-2-5(4-6)7(9)10;7-5-3-1-2-4-6(5)8/h1-12H;1-4,9-10H;1-4H. The van der Waals surface area contributed by atoms with Crippen LogP contribution in [0.5, 0.6) is 0 Å². The zero-order valence-electron chi connectivity index (χ0n) is 19.9. The van der Waals surface area contributed by atoms with Gasteiger partial charge in [-0.25, -0.2) is 0 Å². The number of hydrogen-bond acceptors (Lipinski definition) is 2. The molecule has 0 aliphatic heterocycles. The van der Waals surface area contributed by atoms with Gasteiger partial charge in [0.15, 0.2) is 0 Å². The van der Waals surface area contributed by atoms with Gasteiger partial charge in [0.05, 0.1) is 0 Å². The van der Waals surface area contributed by atoms with E-state index in [0.717, 1.165) is 13.4 Å². The highest BCUT2D eigenvalue weighted by molar-refractivity contribution is 14.1. The summed E-state index contributed by atoms with van der Waals surface area (Å²) in [4.78, 5) is 0. The number of benzene rings is 5. The zero-order valence-corrected chi connectivity index (χ0v) is 29.0. The summed E-state index contributed by atoms with van der Waals surface area (Å²) in [5.41, 5.74) is 5.41. The summed E-state index contributed by atoms with van der Waals surface area (Å²) in [7, 11) is -1.38. The van der Waals surface area contributed by atoms with Gasteiger partial charge < -0.3 is 10.0 Å². The summed E-state index contributed by atoms with van der Waals surface area (Å²) in [5.74, 6) is 0. The lowest BCUT2D eigenvalue weighted by Crippen LogP contribution is -2.29. The molecule has 0 heterocycles. The van der Waals surface area contributed by atoms with Gasteiger partial charge in [-0.1, -0.05) is 121 Å². The molecule has 0 fully saturated rings. The maximum Gasteiger partial charge on any atom is 0.488 e. The predicted molar refractivity (Wildman–Crippen MR) is 189 cm³/mol. The second-order valence-corrected chi connectivity index (χ2v) is 13.0. The van der Waals surface area contributed by atoms with E-state index in [9.17, 15) is 0 Å². The summed E-state index contributed by atoms with van der Waals surface area (Å²) < 4.78 is 5.69. The van der Waals surface area contributed by atoms with Crippen LogP contribution in [0.2, 0.25) is 0 Å². The van der Waals surface area contributed by atoms with Crippen LogP contribution in [-0.2, 0) is 0 Å². The van der Waals surface area contributed by atoms with Crippen molar-refractivity contribution >= 4 is 106 Å². The largest absolute Gasteiger partial charge is 0.488 e. The highest BCUT2D eigenvalue weighted by Gasteiger charge is 2.09. The Balaban J connectivity index is 0.000000185. The van der Waals surface area contributed by atoms with Crippen LogP contribution in [0.25, 0.3) is 22.3 Å². The first-order valence-electron chi connectivity index (χ1n) is 11.4. The van der Waals surface area contributed by atoms with Gasteiger partial charge in [-0.05, 0) is 121 Å². The van der Waals surface area contributed by atoms with E-state index in [4.69, 9.17) is 10.0 Å². The SMILES string of the molecule is Brc1cccc(-c2ccccc2-c2cccc(Br)c2)c1.Ic1ccccc1I.OB(O)c1cccc(Br)c1. The molecule has 0 aromatic heterocycles. The van der Waals surface area contributed by atoms with Crippen molar-refractivity contribution in [1.29, 1.82) is 0 Å². The fourth-order valence-electron chi connectivity index (χ4n) is 3.41. The third-order valence-corrected chi connectivity index (χ3v) is 9.56. The van der Waals surface area contributed by atoms with Crippen molar-refractivity contribution in [3.05, 3.63) is 142 Å². The molecule has 5 aromatic rings. The molecule has 0 saturated carbocycles. The van der Waals surface area contributed by atoms with E-state index in [1.54, 1.807) is 18.2 Å². The first-order valence-corrected chi connectivity index (χ1v) is 15.9. The fourth-order valence-corrected chi connectivity index (χ4v) is 5.40. The highest BCUT2D eigenvalue weighted by atomic mass is 127. The van der Waals surface area contributed by atoms with E-state index in [0.29, 0.717) is 5.46 Å². The summed E-state index contributed by atoms with van der Waals surface area (Å²) in [6, 6.07) is 40.5. The van der Waals surface area contributed by atoms with Crippen LogP contribution in [-0.4, -0.2) is 17.2 Å². The summed E-state index contributed by atoms with van der Waals surface area (Å²) in [6.45, 7) is 0. The number of halogens is 5. The van der Waals surface area contributed by atoms with Crippen molar-refractivity contribution < 1.29 is 10.0 Å². The van der Waals surface area contributed by atoms with Crippen molar-refractivity contribution in [3.63, 3.8) is 0 Å². The molecule has 0 unspecified atom stereocenters. The second-order valence-electron chi connectivity index (χ2n) is 7.91. The maximum atomic E-state index is 8.68. The molecule has 8 heteroatoms. The molecule has 2 nitrogen and oxygen atoms in total. The van der Waals surface area contributed by atoms with Crippen LogP contribution in [0.1, 0.15) is 0 Å².